The fourth-order valence-electron chi connectivity index (χ4n) is 2.67. The van der Waals surface area contributed by atoms with E-state index in [1.54, 1.807) is 43.6 Å². The molecule has 0 aliphatic rings. The van der Waals surface area contributed by atoms with Crippen LogP contribution in [-0.4, -0.2) is 42.4 Å². The van der Waals surface area contributed by atoms with Crippen molar-refractivity contribution >= 4 is 40.9 Å². The van der Waals surface area contributed by atoms with Crippen LogP contribution in [0.3, 0.4) is 0 Å². The highest BCUT2D eigenvalue weighted by Gasteiger charge is 2.16. The summed E-state index contributed by atoms with van der Waals surface area (Å²) in [7, 11) is 3.08. The summed E-state index contributed by atoms with van der Waals surface area (Å²) in [6.45, 7) is -0.112. The van der Waals surface area contributed by atoms with Gasteiger partial charge in [0.15, 0.2) is 0 Å². The van der Waals surface area contributed by atoms with Gasteiger partial charge in [-0.05, 0) is 54.6 Å². The van der Waals surface area contributed by atoms with Gasteiger partial charge in [-0.1, -0.05) is 29.4 Å². The summed E-state index contributed by atoms with van der Waals surface area (Å²) in [5.74, 6) is -0.117. The summed E-state index contributed by atoms with van der Waals surface area (Å²) in [5, 5.41) is 4.07. The number of amides is 2. The molecule has 3 rings (SSSR count). The largest absolute Gasteiger partial charge is 0.495 e. The van der Waals surface area contributed by atoms with Gasteiger partial charge in [-0.15, -0.1) is 0 Å². The minimum Gasteiger partial charge on any atom is -0.495 e. The van der Waals surface area contributed by atoms with Crippen molar-refractivity contribution in [3.63, 3.8) is 0 Å². The zero-order valence-corrected chi connectivity index (χ0v) is 18.0. The van der Waals surface area contributed by atoms with Crippen LogP contribution in [0.25, 0.3) is 0 Å². The van der Waals surface area contributed by atoms with Gasteiger partial charge in [0.2, 0.25) is 5.91 Å². The number of anilines is 1. The Morgan fingerprint density at radius 3 is 2.57 bits per heavy atom. The minimum atomic E-state index is -0.353. The van der Waals surface area contributed by atoms with Crippen LogP contribution in [0.2, 0.25) is 5.02 Å². The second-order valence-corrected chi connectivity index (χ2v) is 7.88. The lowest BCUT2D eigenvalue weighted by Gasteiger charge is -2.18. The van der Waals surface area contributed by atoms with E-state index < -0.39 is 0 Å². The molecule has 1 N–H and O–H groups in total. The van der Waals surface area contributed by atoms with E-state index in [2.05, 4.69) is 10.3 Å². The fourth-order valence-corrected chi connectivity index (χ4v) is 3.61. The monoisotopic (exact) mass is 441 g/mol. The number of aromatic nitrogens is 1. The molecule has 1 aromatic heterocycles. The molecule has 0 aliphatic carbocycles. The van der Waals surface area contributed by atoms with E-state index in [-0.39, 0.29) is 18.4 Å². The molecule has 8 heteroatoms. The molecule has 2 amide bonds. The molecule has 0 spiro atoms. The van der Waals surface area contributed by atoms with Gasteiger partial charge in [0.05, 0.1) is 19.3 Å². The van der Waals surface area contributed by atoms with Crippen LogP contribution >= 0.6 is 23.4 Å². The number of nitrogens with zero attached hydrogens (tertiary/aromatic N) is 2. The third kappa shape index (κ3) is 5.75. The number of methoxy groups -OCH3 is 1. The Morgan fingerprint density at radius 2 is 1.90 bits per heavy atom. The molecule has 3 aromatic rings. The van der Waals surface area contributed by atoms with Gasteiger partial charge in [-0.25, -0.2) is 4.98 Å². The maximum atomic E-state index is 12.7. The fraction of sp³-hybridized carbons (Fsp3) is 0.136. The molecule has 1 heterocycles. The van der Waals surface area contributed by atoms with Gasteiger partial charge >= 0.3 is 0 Å². The van der Waals surface area contributed by atoms with Crippen LogP contribution in [-0.2, 0) is 4.79 Å². The molecule has 0 bridgehead atoms. The maximum Gasteiger partial charge on any atom is 0.254 e. The third-order valence-corrected chi connectivity index (χ3v) is 5.32. The zero-order chi connectivity index (χ0) is 21.5. The lowest BCUT2D eigenvalue weighted by Crippen LogP contribution is -2.35. The van der Waals surface area contributed by atoms with Crippen molar-refractivity contribution in [3.05, 3.63) is 77.4 Å². The third-order valence-electron chi connectivity index (χ3n) is 4.12. The van der Waals surface area contributed by atoms with E-state index in [0.29, 0.717) is 22.0 Å². The summed E-state index contributed by atoms with van der Waals surface area (Å²) in [5.41, 5.74) is 0.947. The summed E-state index contributed by atoms with van der Waals surface area (Å²) in [6.07, 6.45) is 1.74. The number of benzene rings is 2. The Morgan fingerprint density at radius 1 is 1.13 bits per heavy atom. The molecule has 0 radical (unpaired) electrons. The van der Waals surface area contributed by atoms with Crippen LogP contribution in [0.5, 0.6) is 5.75 Å². The lowest BCUT2D eigenvalue weighted by molar-refractivity contribution is -0.116. The molecule has 0 saturated heterocycles. The number of carbonyl (C=O) groups excluding carboxylic acids is 2. The normalized spacial score (nSPS) is 10.4. The Labute approximate surface area is 184 Å². The lowest BCUT2D eigenvalue weighted by atomic mass is 10.2. The molecule has 2 aromatic carbocycles. The highest BCUT2D eigenvalue weighted by atomic mass is 35.5. The van der Waals surface area contributed by atoms with Crippen LogP contribution in [0, 0.1) is 0 Å². The number of ether oxygens (including phenoxy) is 1. The minimum absolute atomic E-state index is 0.112. The van der Waals surface area contributed by atoms with Crippen molar-refractivity contribution in [3.8, 4) is 5.75 Å². The van der Waals surface area contributed by atoms with Crippen molar-refractivity contribution in [2.24, 2.45) is 0 Å². The number of rotatable bonds is 7. The summed E-state index contributed by atoms with van der Waals surface area (Å²) < 4.78 is 5.22. The van der Waals surface area contributed by atoms with Crippen LogP contribution in [0.4, 0.5) is 5.69 Å². The average molecular weight is 442 g/mol. The molecule has 0 unspecified atom stereocenters. The second kappa shape index (κ2) is 10.1. The Hall–Kier alpha value is -3.03. The predicted molar refractivity (Wildman–Crippen MR) is 118 cm³/mol. The SMILES string of the molecule is COc1ccc(Cl)cc1NC(=O)CN(C)C(=O)c1ccc(Sc2ccccn2)cc1. The number of halogens is 1. The summed E-state index contributed by atoms with van der Waals surface area (Å²) in [4.78, 5) is 31.6. The van der Waals surface area contributed by atoms with E-state index >= 15 is 0 Å². The van der Waals surface area contributed by atoms with E-state index in [4.69, 9.17) is 16.3 Å². The van der Waals surface area contributed by atoms with E-state index in [9.17, 15) is 9.59 Å². The summed E-state index contributed by atoms with van der Waals surface area (Å²) >= 11 is 7.49. The number of nitrogens with one attached hydrogen (secondary N) is 1. The van der Waals surface area contributed by atoms with Gasteiger partial charge in [0, 0.05) is 28.7 Å². The molecule has 0 atom stereocenters. The first-order valence-corrected chi connectivity index (χ1v) is 10.2. The van der Waals surface area contributed by atoms with Gasteiger partial charge in [0.25, 0.3) is 5.91 Å². The van der Waals surface area contributed by atoms with Gasteiger partial charge in [-0.3, -0.25) is 9.59 Å². The Balaban J connectivity index is 1.60. The molecule has 30 heavy (non-hydrogen) atoms. The molecule has 0 saturated carbocycles. The molecule has 154 valence electrons. The number of hydrogen-bond donors (Lipinski definition) is 1. The van der Waals surface area contributed by atoms with Crippen molar-refractivity contribution in [1.82, 2.24) is 9.88 Å². The molecule has 6 nitrogen and oxygen atoms in total. The molecular formula is C22H20ClN3O3S. The first-order valence-electron chi connectivity index (χ1n) is 9.04. The first kappa shape index (κ1) is 21.7. The first-order chi connectivity index (χ1) is 14.5. The smallest absolute Gasteiger partial charge is 0.254 e. The second-order valence-electron chi connectivity index (χ2n) is 6.35. The standard InChI is InChI=1S/C22H20ClN3O3S/c1-26(14-20(27)25-18-13-16(23)8-11-19(18)29-2)22(28)15-6-9-17(10-7-15)30-21-5-3-4-12-24-21/h3-13H,14H2,1-2H3,(H,25,27). The highest BCUT2D eigenvalue weighted by molar-refractivity contribution is 7.99. The quantitative estimate of drug-likeness (QED) is 0.580. The van der Waals surface area contributed by atoms with Gasteiger partial charge in [-0.2, -0.15) is 0 Å². The highest BCUT2D eigenvalue weighted by Crippen LogP contribution is 2.28. The van der Waals surface area contributed by atoms with Gasteiger partial charge < -0.3 is 15.0 Å². The Bertz CT molecular complexity index is 1030. The van der Waals surface area contributed by atoms with E-state index in [0.717, 1.165) is 9.92 Å². The topological polar surface area (TPSA) is 71.5 Å². The van der Waals surface area contributed by atoms with Crippen molar-refractivity contribution in [2.75, 3.05) is 26.0 Å². The molecular weight excluding hydrogens is 422 g/mol. The van der Waals surface area contributed by atoms with Crippen molar-refractivity contribution < 1.29 is 14.3 Å². The predicted octanol–water partition coefficient (Wildman–Crippen LogP) is 4.61. The van der Waals surface area contributed by atoms with E-state index in [1.807, 2.05) is 30.3 Å². The Kier molecular flexibility index (Phi) is 7.32. The zero-order valence-electron chi connectivity index (χ0n) is 16.5. The number of pyridine rings is 1. The van der Waals surface area contributed by atoms with Crippen LogP contribution < -0.4 is 10.1 Å². The number of likely N-dealkylation sites (N-methyl/N-ethyl adjacent to an activating group) is 1. The average Bonchev–Trinajstić information content (AvgIpc) is 2.74. The summed E-state index contributed by atoms with van der Waals surface area (Å²) in [6, 6.07) is 17.8. The van der Waals surface area contributed by atoms with Crippen LogP contribution in [0.1, 0.15) is 10.4 Å². The van der Waals surface area contributed by atoms with E-state index in [1.165, 1.54) is 23.8 Å². The van der Waals surface area contributed by atoms with Crippen molar-refractivity contribution in [1.29, 1.82) is 0 Å². The number of hydrogen-bond acceptors (Lipinski definition) is 5. The van der Waals surface area contributed by atoms with Gasteiger partial charge in [0.1, 0.15) is 10.8 Å². The van der Waals surface area contributed by atoms with Crippen LogP contribution in [0.15, 0.2) is 76.8 Å². The number of carbonyl (C=O) groups is 2. The molecule has 0 aliphatic heterocycles. The van der Waals surface area contributed by atoms with Crippen molar-refractivity contribution in [2.45, 2.75) is 9.92 Å². The maximum absolute atomic E-state index is 12.7. The molecule has 0 fully saturated rings.